The summed E-state index contributed by atoms with van der Waals surface area (Å²) in [5, 5.41) is 12.6. The number of carboxylic acids is 1. The van der Waals surface area contributed by atoms with Crippen molar-refractivity contribution in [3.63, 3.8) is 0 Å². The number of carboxylic acid groups (broad SMARTS) is 1. The first-order chi connectivity index (χ1) is 9.56. The molecule has 0 aliphatic carbocycles. The Morgan fingerprint density at radius 2 is 1.75 bits per heavy atom. The molecule has 2 N–H and O–H groups in total. The SMILES string of the molecule is O=C(O)[C@@H]1[C@H](C(=O)Nc2ccc(Cl)cc2)[C@H]2CC[C@@H]1O2. The Morgan fingerprint density at radius 3 is 2.35 bits per heavy atom. The van der Waals surface area contributed by atoms with Crippen LogP contribution in [0.1, 0.15) is 12.8 Å². The van der Waals surface area contributed by atoms with Crippen molar-refractivity contribution in [3.05, 3.63) is 29.3 Å². The van der Waals surface area contributed by atoms with E-state index >= 15 is 0 Å². The van der Waals surface area contributed by atoms with Crippen molar-refractivity contribution >= 4 is 29.2 Å². The van der Waals surface area contributed by atoms with Gasteiger partial charge in [0.2, 0.25) is 5.91 Å². The van der Waals surface area contributed by atoms with Crippen LogP contribution in [0.4, 0.5) is 5.69 Å². The van der Waals surface area contributed by atoms with Crippen molar-refractivity contribution in [1.29, 1.82) is 0 Å². The molecule has 1 aromatic rings. The van der Waals surface area contributed by atoms with Crippen LogP contribution in [0, 0.1) is 11.8 Å². The highest BCUT2D eigenvalue weighted by Crippen LogP contribution is 2.44. The number of aliphatic carboxylic acids is 1. The highest BCUT2D eigenvalue weighted by Gasteiger charge is 2.55. The molecule has 0 radical (unpaired) electrons. The average molecular weight is 296 g/mol. The largest absolute Gasteiger partial charge is 0.481 e. The van der Waals surface area contributed by atoms with Gasteiger partial charge in [-0.25, -0.2) is 0 Å². The van der Waals surface area contributed by atoms with Crippen molar-refractivity contribution < 1.29 is 19.4 Å². The van der Waals surface area contributed by atoms with Crippen LogP contribution in [0.15, 0.2) is 24.3 Å². The Hall–Kier alpha value is -1.59. The first-order valence-electron chi connectivity index (χ1n) is 6.51. The van der Waals surface area contributed by atoms with Crippen LogP contribution in [0.5, 0.6) is 0 Å². The summed E-state index contributed by atoms with van der Waals surface area (Å²) in [6.07, 6.45) is 0.839. The van der Waals surface area contributed by atoms with E-state index in [0.717, 1.165) is 6.42 Å². The number of carbonyl (C=O) groups is 2. The summed E-state index contributed by atoms with van der Waals surface area (Å²) in [6.45, 7) is 0. The van der Waals surface area contributed by atoms with Crippen molar-refractivity contribution in [1.82, 2.24) is 0 Å². The molecule has 106 valence electrons. The molecule has 3 rings (SSSR count). The zero-order valence-corrected chi connectivity index (χ0v) is 11.3. The number of amides is 1. The minimum Gasteiger partial charge on any atom is -0.481 e. The predicted molar refractivity (Wildman–Crippen MR) is 72.6 cm³/mol. The number of fused-ring (bicyclic) bond motifs is 2. The van der Waals surface area contributed by atoms with E-state index in [4.69, 9.17) is 16.3 Å². The monoisotopic (exact) mass is 295 g/mol. The Labute approximate surface area is 120 Å². The van der Waals surface area contributed by atoms with Gasteiger partial charge in [0.25, 0.3) is 0 Å². The van der Waals surface area contributed by atoms with Crippen LogP contribution in [0.3, 0.4) is 0 Å². The lowest BCUT2D eigenvalue weighted by Gasteiger charge is -2.23. The standard InChI is InChI=1S/C14H14ClNO4/c15-7-1-3-8(4-2-7)16-13(17)11-9-5-6-10(20-9)12(11)14(18)19/h1-4,9-12H,5-6H2,(H,16,17)(H,18,19)/t9-,10+,11-,12+/m1/s1. The van der Waals surface area contributed by atoms with Gasteiger partial charge in [-0.2, -0.15) is 0 Å². The maximum Gasteiger partial charge on any atom is 0.310 e. The average Bonchev–Trinajstić information content (AvgIpc) is 3.01. The van der Waals surface area contributed by atoms with Gasteiger partial charge in [0.05, 0.1) is 24.0 Å². The van der Waals surface area contributed by atoms with Crippen molar-refractivity contribution in [3.8, 4) is 0 Å². The molecule has 1 aromatic carbocycles. The Morgan fingerprint density at radius 1 is 1.15 bits per heavy atom. The fraction of sp³-hybridized carbons (Fsp3) is 0.429. The van der Waals surface area contributed by atoms with E-state index in [1.807, 2.05) is 0 Å². The minimum atomic E-state index is -0.964. The van der Waals surface area contributed by atoms with E-state index in [1.165, 1.54) is 0 Å². The number of benzene rings is 1. The normalized spacial score (nSPS) is 31.2. The fourth-order valence-electron chi connectivity index (χ4n) is 3.08. The summed E-state index contributed by atoms with van der Waals surface area (Å²) in [5.41, 5.74) is 0.603. The van der Waals surface area contributed by atoms with Crippen LogP contribution in [0.25, 0.3) is 0 Å². The van der Waals surface area contributed by atoms with Crippen molar-refractivity contribution in [2.45, 2.75) is 25.0 Å². The molecular weight excluding hydrogens is 282 g/mol. The highest BCUT2D eigenvalue weighted by atomic mass is 35.5. The minimum absolute atomic E-state index is 0.284. The van der Waals surface area contributed by atoms with Gasteiger partial charge in [0.1, 0.15) is 0 Å². The van der Waals surface area contributed by atoms with Crippen LogP contribution in [-0.4, -0.2) is 29.2 Å². The van der Waals surface area contributed by atoms with E-state index < -0.39 is 17.8 Å². The first kappa shape index (κ1) is 13.4. The summed E-state index contributed by atoms with van der Waals surface area (Å²) in [6, 6.07) is 6.71. The first-order valence-corrected chi connectivity index (χ1v) is 6.89. The number of ether oxygens (including phenoxy) is 1. The molecule has 6 heteroatoms. The summed E-state index contributed by atoms with van der Waals surface area (Å²) in [7, 11) is 0. The molecule has 4 atom stereocenters. The van der Waals surface area contributed by atoms with Gasteiger partial charge in [0, 0.05) is 10.7 Å². The topological polar surface area (TPSA) is 75.6 Å². The zero-order valence-electron chi connectivity index (χ0n) is 10.6. The predicted octanol–water partition coefficient (Wildman–Crippen LogP) is 2.16. The van der Waals surface area contributed by atoms with Gasteiger partial charge >= 0.3 is 5.97 Å². The summed E-state index contributed by atoms with van der Waals surface area (Å²) < 4.78 is 5.57. The lowest BCUT2D eigenvalue weighted by molar-refractivity contribution is -0.147. The Bertz CT molecular complexity index is 545. The lowest BCUT2D eigenvalue weighted by atomic mass is 9.78. The summed E-state index contributed by atoms with van der Waals surface area (Å²) in [4.78, 5) is 23.6. The van der Waals surface area contributed by atoms with E-state index in [0.29, 0.717) is 17.1 Å². The second kappa shape index (κ2) is 5.07. The van der Waals surface area contributed by atoms with Crippen LogP contribution in [-0.2, 0) is 14.3 Å². The maximum atomic E-state index is 12.3. The molecule has 0 spiro atoms. The van der Waals surface area contributed by atoms with Crippen molar-refractivity contribution in [2.24, 2.45) is 11.8 Å². The van der Waals surface area contributed by atoms with E-state index in [2.05, 4.69) is 5.32 Å². The molecule has 5 nitrogen and oxygen atoms in total. The van der Waals surface area contributed by atoms with Crippen LogP contribution >= 0.6 is 11.6 Å². The van der Waals surface area contributed by atoms with Gasteiger partial charge in [-0.3, -0.25) is 9.59 Å². The molecule has 2 aliphatic heterocycles. The number of halogens is 1. The van der Waals surface area contributed by atoms with E-state index in [9.17, 15) is 14.7 Å². The molecule has 2 aliphatic rings. The van der Waals surface area contributed by atoms with Gasteiger partial charge < -0.3 is 15.2 Å². The number of hydrogen-bond acceptors (Lipinski definition) is 3. The number of nitrogens with one attached hydrogen (secondary N) is 1. The third kappa shape index (κ3) is 2.27. The number of rotatable bonds is 3. The molecule has 2 bridgehead atoms. The maximum absolute atomic E-state index is 12.3. The van der Waals surface area contributed by atoms with Crippen LogP contribution in [0.2, 0.25) is 5.02 Å². The molecule has 0 aromatic heterocycles. The van der Waals surface area contributed by atoms with Gasteiger partial charge in [-0.1, -0.05) is 11.6 Å². The second-order valence-corrected chi connectivity index (χ2v) is 5.61. The lowest BCUT2D eigenvalue weighted by Crippen LogP contribution is -2.40. The smallest absolute Gasteiger partial charge is 0.310 e. The quantitative estimate of drug-likeness (QED) is 0.896. The molecule has 2 heterocycles. The molecular formula is C14H14ClNO4. The third-order valence-corrected chi connectivity index (χ3v) is 4.22. The van der Waals surface area contributed by atoms with Gasteiger partial charge in [-0.05, 0) is 37.1 Å². The molecule has 0 saturated carbocycles. The fourth-order valence-corrected chi connectivity index (χ4v) is 3.21. The van der Waals surface area contributed by atoms with Crippen molar-refractivity contribution in [2.75, 3.05) is 5.32 Å². The van der Waals surface area contributed by atoms with Crippen LogP contribution < -0.4 is 5.32 Å². The molecule has 1 amide bonds. The second-order valence-electron chi connectivity index (χ2n) is 5.18. The molecule has 2 fully saturated rings. The number of anilines is 1. The molecule has 0 unspecified atom stereocenters. The Balaban J connectivity index is 1.76. The highest BCUT2D eigenvalue weighted by molar-refractivity contribution is 6.30. The third-order valence-electron chi connectivity index (χ3n) is 3.97. The number of carbonyl (C=O) groups excluding carboxylic acids is 1. The summed E-state index contributed by atoms with van der Waals surface area (Å²) >= 11 is 5.78. The van der Waals surface area contributed by atoms with Gasteiger partial charge in [0.15, 0.2) is 0 Å². The summed E-state index contributed by atoms with van der Waals surface area (Å²) in [5.74, 6) is -2.64. The Kier molecular flexibility index (Phi) is 3.40. The van der Waals surface area contributed by atoms with E-state index in [-0.39, 0.29) is 18.1 Å². The van der Waals surface area contributed by atoms with E-state index in [1.54, 1.807) is 24.3 Å². The number of hydrogen-bond donors (Lipinski definition) is 2. The zero-order chi connectivity index (χ0) is 14.3. The molecule has 2 saturated heterocycles. The molecule has 20 heavy (non-hydrogen) atoms. The van der Waals surface area contributed by atoms with Gasteiger partial charge in [-0.15, -0.1) is 0 Å².